The van der Waals surface area contributed by atoms with Crippen LogP contribution < -0.4 is 10.6 Å². The third kappa shape index (κ3) is 10.7. The SMILES string of the molecule is CN=C(NCCCN1CCN(C(=O)OC(C)(C)C)CC1)NC(C)C.I. The Bertz CT molecular complexity index is 416. The molecule has 8 heteroatoms. The van der Waals surface area contributed by atoms with Gasteiger partial charge in [-0.25, -0.2) is 4.79 Å². The molecular formula is C17H36IN5O2. The number of hydrogen-bond donors (Lipinski definition) is 2. The van der Waals surface area contributed by atoms with Crippen LogP contribution in [0.2, 0.25) is 0 Å². The lowest BCUT2D eigenvalue weighted by Gasteiger charge is -2.35. The van der Waals surface area contributed by atoms with E-state index in [9.17, 15) is 4.79 Å². The van der Waals surface area contributed by atoms with Gasteiger partial charge in [-0.05, 0) is 47.6 Å². The second kappa shape index (κ2) is 11.8. The van der Waals surface area contributed by atoms with Crippen molar-refractivity contribution in [1.82, 2.24) is 20.4 Å². The van der Waals surface area contributed by atoms with E-state index in [2.05, 4.69) is 34.4 Å². The minimum Gasteiger partial charge on any atom is -0.444 e. The van der Waals surface area contributed by atoms with Crippen molar-refractivity contribution in [2.45, 2.75) is 52.7 Å². The molecule has 1 saturated heterocycles. The summed E-state index contributed by atoms with van der Waals surface area (Å²) < 4.78 is 5.42. The maximum atomic E-state index is 12.0. The van der Waals surface area contributed by atoms with Gasteiger partial charge in [0, 0.05) is 45.8 Å². The second-order valence-corrected chi connectivity index (χ2v) is 7.46. The number of rotatable bonds is 5. The number of ether oxygens (including phenoxy) is 1. The minimum absolute atomic E-state index is 0. The molecule has 0 aromatic carbocycles. The molecule has 0 aliphatic carbocycles. The zero-order chi connectivity index (χ0) is 18.2. The van der Waals surface area contributed by atoms with E-state index in [1.165, 1.54) is 0 Å². The molecular weight excluding hydrogens is 433 g/mol. The van der Waals surface area contributed by atoms with E-state index >= 15 is 0 Å². The summed E-state index contributed by atoms with van der Waals surface area (Å²) in [5, 5.41) is 6.59. The molecule has 1 fully saturated rings. The number of nitrogens with one attached hydrogen (secondary N) is 2. The number of aliphatic imine (C=N–C) groups is 1. The van der Waals surface area contributed by atoms with E-state index in [0.29, 0.717) is 6.04 Å². The molecule has 0 aromatic rings. The number of nitrogens with zero attached hydrogens (tertiary/aromatic N) is 3. The average molecular weight is 469 g/mol. The molecule has 2 N–H and O–H groups in total. The molecule has 1 aliphatic rings. The van der Waals surface area contributed by atoms with Gasteiger partial charge in [0.1, 0.15) is 5.60 Å². The molecule has 25 heavy (non-hydrogen) atoms. The van der Waals surface area contributed by atoms with Crippen LogP contribution in [0.25, 0.3) is 0 Å². The Balaban J connectivity index is 0.00000576. The van der Waals surface area contributed by atoms with Gasteiger partial charge >= 0.3 is 6.09 Å². The van der Waals surface area contributed by atoms with Crippen molar-refractivity contribution in [2.24, 2.45) is 4.99 Å². The maximum Gasteiger partial charge on any atom is 0.410 e. The van der Waals surface area contributed by atoms with Crippen LogP contribution in [-0.2, 0) is 4.74 Å². The van der Waals surface area contributed by atoms with Crippen molar-refractivity contribution in [3.05, 3.63) is 0 Å². The lowest BCUT2D eigenvalue weighted by Crippen LogP contribution is -2.50. The smallest absolute Gasteiger partial charge is 0.410 e. The number of piperazine rings is 1. The highest BCUT2D eigenvalue weighted by molar-refractivity contribution is 14.0. The fraction of sp³-hybridized carbons (Fsp3) is 0.882. The van der Waals surface area contributed by atoms with Crippen LogP contribution in [0.1, 0.15) is 41.0 Å². The van der Waals surface area contributed by atoms with Crippen LogP contribution in [0, 0.1) is 0 Å². The molecule has 7 nitrogen and oxygen atoms in total. The maximum absolute atomic E-state index is 12.0. The van der Waals surface area contributed by atoms with E-state index in [0.717, 1.165) is 51.6 Å². The molecule has 0 unspecified atom stereocenters. The molecule has 1 heterocycles. The van der Waals surface area contributed by atoms with Gasteiger partial charge in [0.25, 0.3) is 0 Å². The lowest BCUT2D eigenvalue weighted by molar-refractivity contribution is 0.0145. The van der Waals surface area contributed by atoms with Crippen LogP contribution in [-0.4, -0.2) is 79.8 Å². The molecule has 0 aromatic heterocycles. The summed E-state index contributed by atoms with van der Waals surface area (Å²) in [6.07, 6.45) is 0.845. The van der Waals surface area contributed by atoms with Gasteiger partial charge in [0.15, 0.2) is 5.96 Å². The van der Waals surface area contributed by atoms with Gasteiger partial charge in [0.2, 0.25) is 0 Å². The Kier molecular flexibility index (Phi) is 11.4. The van der Waals surface area contributed by atoms with E-state index < -0.39 is 5.60 Å². The lowest BCUT2D eigenvalue weighted by atomic mass is 10.2. The first-order valence-corrected chi connectivity index (χ1v) is 8.88. The van der Waals surface area contributed by atoms with Gasteiger partial charge in [-0.2, -0.15) is 0 Å². The highest BCUT2D eigenvalue weighted by Crippen LogP contribution is 2.11. The molecule has 0 spiro atoms. The molecule has 0 radical (unpaired) electrons. The highest BCUT2D eigenvalue weighted by atomic mass is 127. The zero-order valence-corrected chi connectivity index (χ0v) is 18.9. The van der Waals surface area contributed by atoms with Crippen molar-refractivity contribution < 1.29 is 9.53 Å². The van der Waals surface area contributed by atoms with Crippen LogP contribution in [0.5, 0.6) is 0 Å². The zero-order valence-electron chi connectivity index (χ0n) is 16.6. The Morgan fingerprint density at radius 1 is 1.20 bits per heavy atom. The van der Waals surface area contributed by atoms with Crippen molar-refractivity contribution in [2.75, 3.05) is 46.3 Å². The van der Waals surface area contributed by atoms with Gasteiger partial charge in [-0.15, -0.1) is 24.0 Å². The second-order valence-electron chi connectivity index (χ2n) is 7.46. The Morgan fingerprint density at radius 2 is 1.80 bits per heavy atom. The summed E-state index contributed by atoms with van der Waals surface area (Å²) in [6, 6.07) is 0.372. The Labute approximate surface area is 170 Å². The summed E-state index contributed by atoms with van der Waals surface area (Å²) in [5.74, 6) is 0.847. The van der Waals surface area contributed by atoms with E-state index in [1.54, 1.807) is 11.9 Å². The summed E-state index contributed by atoms with van der Waals surface area (Å²) in [4.78, 5) is 20.4. The highest BCUT2D eigenvalue weighted by Gasteiger charge is 2.25. The predicted molar refractivity (Wildman–Crippen MR) is 114 cm³/mol. The van der Waals surface area contributed by atoms with Gasteiger partial charge in [-0.3, -0.25) is 9.89 Å². The third-order valence-electron chi connectivity index (χ3n) is 3.62. The fourth-order valence-corrected chi connectivity index (χ4v) is 2.46. The normalized spacial score (nSPS) is 16.4. The van der Waals surface area contributed by atoms with E-state index in [4.69, 9.17) is 4.74 Å². The number of amides is 1. The average Bonchev–Trinajstić information content (AvgIpc) is 2.48. The molecule has 0 bridgehead atoms. The Morgan fingerprint density at radius 3 is 2.28 bits per heavy atom. The summed E-state index contributed by atoms with van der Waals surface area (Å²) in [7, 11) is 1.79. The number of carbonyl (C=O) groups excluding carboxylic acids is 1. The van der Waals surface area contributed by atoms with Crippen LogP contribution in [0.15, 0.2) is 4.99 Å². The quantitative estimate of drug-likeness (QED) is 0.280. The summed E-state index contributed by atoms with van der Waals surface area (Å²) in [6.45, 7) is 15.1. The van der Waals surface area contributed by atoms with E-state index in [1.807, 2.05) is 20.8 Å². The molecule has 0 atom stereocenters. The van der Waals surface area contributed by atoms with Crippen molar-refractivity contribution in [3.63, 3.8) is 0 Å². The number of guanidine groups is 1. The first-order valence-electron chi connectivity index (χ1n) is 8.88. The van der Waals surface area contributed by atoms with Crippen LogP contribution in [0.3, 0.4) is 0 Å². The van der Waals surface area contributed by atoms with Crippen LogP contribution >= 0.6 is 24.0 Å². The summed E-state index contributed by atoms with van der Waals surface area (Å²) in [5.41, 5.74) is -0.428. The molecule has 1 rings (SSSR count). The van der Waals surface area contributed by atoms with Crippen molar-refractivity contribution in [3.8, 4) is 0 Å². The van der Waals surface area contributed by atoms with E-state index in [-0.39, 0.29) is 30.1 Å². The third-order valence-corrected chi connectivity index (χ3v) is 3.62. The van der Waals surface area contributed by atoms with Crippen molar-refractivity contribution in [1.29, 1.82) is 0 Å². The monoisotopic (exact) mass is 469 g/mol. The molecule has 148 valence electrons. The first-order chi connectivity index (χ1) is 11.2. The molecule has 0 saturated carbocycles. The Hall–Kier alpha value is -0.770. The predicted octanol–water partition coefficient (Wildman–Crippen LogP) is 2.12. The topological polar surface area (TPSA) is 69.2 Å². The number of carbonyl (C=O) groups is 1. The van der Waals surface area contributed by atoms with Gasteiger partial charge in [0.05, 0.1) is 0 Å². The standard InChI is InChI=1S/C17H35N5O2.HI/c1-14(2)20-15(18-6)19-8-7-9-21-10-12-22(13-11-21)16(23)24-17(3,4)5;/h14H,7-13H2,1-6H3,(H2,18,19,20);1H. The van der Waals surface area contributed by atoms with Gasteiger partial charge in [-0.1, -0.05) is 0 Å². The van der Waals surface area contributed by atoms with Gasteiger partial charge < -0.3 is 20.3 Å². The number of hydrogen-bond acceptors (Lipinski definition) is 4. The molecule has 1 aliphatic heterocycles. The number of halogens is 1. The summed E-state index contributed by atoms with van der Waals surface area (Å²) >= 11 is 0. The fourth-order valence-electron chi connectivity index (χ4n) is 2.46. The van der Waals surface area contributed by atoms with Crippen LogP contribution in [0.4, 0.5) is 4.79 Å². The first kappa shape index (κ1) is 24.2. The largest absolute Gasteiger partial charge is 0.444 e. The van der Waals surface area contributed by atoms with Crippen molar-refractivity contribution >= 4 is 36.0 Å². The molecule has 1 amide bonds. The minimum atomic E-state index is -0.428.